The van der Waals surface area contributed by atoms with E-state index >= 15 is 0 Å². The zero-order valence-electron chi connectivity index (χ0n) is 8.69. The summed E-state index contributed by atoms with van der Waals surface area (Å²) in [6, 6.07) is 0. The zero-order valence-corrected chi connectivity index (χ0v) is 8.69. The van der Waals surface area contributed by atoms with Crippen molar-refractivity contribution >= 4 is 11.9 Å². The number of rotatable bonds is 3. The molecule has 4 nitrogen and oxygen atoms in total. The lowest BCUT2D eigenvalue weighted by Crippen LogP contribution is -2.30. The maximum absolute atomic E-state index is 13.1. The van der Waals surface area contributed by atoms with Gasteiger partial charge in [0.05, 0.1) is 0 Å². The van der Waals surface area contributed by atoms with Crippen molar-refractivity contribution in [3.63, 3.8) is 0 Å². The van der Waals surface area contributed by atoms with Gasteiger partial charge in [-0.1, -0.05) is 4.48 Å². The van der Waals surface area contributed by atoms with Gasteiger partial charge in [-0.05, 0) is 0 Å². The minimum Gasteiger partial charge on any atom is -0.480 e. The third-order valence-corrected chi connectivity index (χ3v) is 1.92. The number of carbonyl (C=O) groups is 2. The van der Waals surface area contributed by atoms with Crippen LogP contribution in [0.4, 0.5) is 26.4 Å². The van der Waals surface area contributed by atoms with Crippen molar-refractivity contribution in [2.75, 3.05) is 6.54 Å². The van der Waals surface area contributed by atoms with Gasteiger partial charge in [0.15, 0.2) is 29.8 Å². The Labute approximate surface area is 100 Å². The summed E-state index contributed by atoms with van der Waals surface area (Å²) in [7, 11) is 0. The van der Waals surface area contributed by atoms with Gasteiger partial charge in [-0.3, -0.25) is 9.59 Å². The number of nitrogens with zero attached hydrogens (tertiary/aromatic N) is 1. The summed E-state index contributed by atoms with van der Waals surface area (Å²) < 4.78 is 77.1. The molecule has 19 heavy (non-hydrogen) atoms. The maximum Gasteiger partial charge on any atom is 0.326 e. The van der Waals surface area contributed by atoms with Crippen LogP contribution in [-0.2, 0) is 4.79 Å². The van der Waals surface area contributed by atoms with Gasteiger partial charge in [0.25, 0.3) is 5.91 Å². The number of hydrogen-bond acceptors (Lipinski definition) is 2. The van der Waals surface area contributed by atoms with E-state index in [4.69, 9.17) is 5.11 Å². The third-order valence-electron chi connectivity index (χ3n) is 1.92. The molecule has 104 valence electrons. The number of amides is 1. The average Bonchev–Trinajstić information content (AvgIpc) is 2.33. The molecular formula is C9H3F6NO3. The maximum atomic E-state index is 13.1. The van der Waals surface area contributed by atoms with Crippen LogP contribution >= 0.6 is 0 Å². The van der Waals surface area contributed by atoms with Crippen LogP contribution in [0.3, 0.4) is 0 Å². The summed E-state index contributed by atoms with van der Waals surface area (Å²) in [5.74, 6) is -16.7. The fraction of sp³-hybridized carbons (Fsp3) is 0.111. The fourth-order valence-electron chi connectivity index (χ4n) is 1.10. The highest BCUT2D eigenvalue weighted by Crippen LogP contribution is 2.24. The summed E-state index contributed by atoms with van der Waals surface area (Å²) in [5, 5.41) is 6.95. The van der Waals surface area contributed by atoms with E-state index in [9.17, 15) is 36.0 Å². The van der Waals surface area contributed by atoms with E-state index in [-0.39, 0.29) is 0 Å². The van der Waals surface area contributed by atoms with Crippen LogP contribution in [0.15, 0.2) is 0 Å². The molecule has 0 aromatic heterocycles. The van der Waals surface area contributed by atoms with Crippen molar-refractivity contribution in [1.82, 2.24) is 5.12 Å². The van der Waals surface area contributed by atoms with Gasteiger partial charge in [-0.2, -0.15) is 5.12 Å². The van der Waals surface area contributed by atoms with Gasteiger partial charge >= 0.3 is 5.97 Å². The fourth-order valence-corrected chi connectivity index (χ4v) is 1.10. The third kappa shape index (κ3) is 2.61. The Morgan fingerprint density at radius 3 is 1.63 bits per heavy atom. The molecule has 1 amide bonds. The van der Waals surface area contributed by atoms with Crippen LogP contribution in [0.25, 0.3) is 0 Å². The number of carboxylic acids is 1. The van der Waals surface area contributed by atoms with Gasteiger partial charge in [-0.15, -0.1) is 0 Å². The van der Waals surface area contributed by atoms with Gasteiger partial charge in [0.2, 0.25) is 5.82 Å². The van der Waals surface area contributed by atoms with E-state index in [0.717, 1.165) is 0 Å². The molecular weight excluding hydrogens is 284 g/mol. The van der Waals surface area contributed by atoms with E-state index in [1.807, 2.05) is 0 Å². The van der Waals surface area contributed by atoms with E-state index < -0.39 is 58.2 Å². The SMILES string of the molecule is O=C(O)CN(F)C(=O)c1c(F)c(F)c(F)c(F)c1F. The van der Waals surface area contributed by atoms with Gasteiger partial charge in [0, 0.05) is 0 Å². The summed E-state index contributed by atoms with van der Waals surface area (Å²) in [4.78, 5) is 21.2. The first-order chi connectivity index (χ1) is 8.68. The molecule has 1 N–H and O–H groups in total. The van der Waals surface area contributed by atoms with Gasteiger partial charge in [0.1, 0.15) is 5.56 Å². The van der Waals surface area contributed by atoms with Crippen LogP contribution in [0.2, 0.25) is 0 Å². The highest BCUT2D eigenvalue weighted by molar-refractivity contribution is 5.95. The Balaban J connectivity index is 3.35. The Hall–Kier alpha value is -2.26. The van der Waals surface area contributed by atoms with Crippen LogP contribution in [0.5, 0.6) is 0 Å². The van der Waals surface area contributed by atoms with Crippen LogP contribution < -0.4 is 0 Å². The summed E-state index contributed by atoms with van der Waals surface area (Å²) in [6.45, 7) is -1.63. The molecule has 0 aliphatic rings. The predicted octanol–water partition coefficient (Wildman–Crippen LogP) is 1.79. The standard InChI is InChI=1S/C9H3F6NO3/c10-4-3(9(19)16(15)1-2(17)18)5(11)7(13)8(14)6(4)12/h1H2,(H,17,18). The largest absolute Gasteiger partial charge is 0.480 e. The molecule has 0 spiro atoms. The van der Waals surface area contributed by atoms with E-state index in [1.54, 1.807) is 0 Å². The molecule has 0 saturated heterocycles. The molecule has 1 aromatic carbocycles. The molecule has 1 aromatic rings. The van der Waals surface area contributed by atoms with E-state index in [2.05, 4.69) is 0 Å². The highest BCUT2D eigenvalue weighted by atomic mass is 19.2. The normalized spacial score (nSPS) is 10.4. The molecule has 0 radical (unpaired) electrons. The number of hydrogen-bond donors (Lipinski definition) is 1. The topological polar surface area (TPSA) is 57.6 Å². The molecule has 0 aliphatic heterocycles. The molecule has 0 bridgehead atoms. The number of benzene rings is 1. The molecule has 0 atom stereocenters. The Bertz CT molecular complexity index is 532. The number of carboxylic acid groups (broad SMARTS) is 1. The number of aliphatic carboxylic acids is 1. The highest BCUT2D eigenvalue weighted by Gasteiger charge is 2.33. The average molecular weight is 287 g/mol. The molecule has 10 heteroatoms. The first-order valence-corrected chi connectivity index (χ1v) is 4.39. The van der Waals surface area contributed by atoms with Crippen molar-refractivity contribution in [3.8, 4) is 0 Å². The summed E-state index contributed by atoms with van der Waals surface area (Å²) in [5.41, 5.74) is -2.07. The van der Waals surface area contributed by atoms with Gasteiger partial charge < -0.3 is 5.11 Å². The van der Waals surface area contributed by atoms with Crippen LogP contribution in [0, 0.1) is 29.1 Å². The summed E-state index contributed by atoms with van der Waals surface area (Å²) >= 11 is 0. The second-order valence-electron chi connectivity index (χ2n) is 3.16. The molecule has 0 unspecified atom stereocenters. The molecule has 0 fully saturated rings. The molecule has 0 heterocycles. The number of halogens is 6. The van der Waals surface area contributed by atoms with Crippen molar-refractivity contribution in [2.45, 2.75) is 0 Å². The lowest BCUT2D eigenvalue weighted by atomic mass is 10.1. The minimum atomic E-state index is -2.52. The second kappa shape index (κ2) is 5.16. The van der Waals surface area contributed by atoms with Crippen LogP contribution in [0.1, 0.15) is 10.4 Å². The van der Waals surface area contributed by atoms with E-state index in [0.29, 0.717) is 0 Å². The first-order valence-electron chi connectivity index (χ1n) is 4.39. The Morgan fingerprint density at radius 1 is 0.895 bits per heavy atom. The van der Waals surface area contributed by atoms with Crippen molar-refractivity contribution < 1.29 is 41.1 Å². The smallest absolute Gasteiger partial charge is 0.326 e. The Morgan fingerprint density at radius 2 is 1.26 bits per heavy atom. The van der Waals surface area contributed by atoms with Crippen molar-refractivity contribution in [1.29, 1.82) is 0 Å². The minimum absolute atomic E-state index is 1.19. The Kier molecular flexibility index (Phi) is 4.02. The molecule has 0 saturated carbocycles. The van der Waals surface area contributed by atoms with Crippen molar-refractivity contribution in [2.24, 2.45) is 0 Å². The second-order valence-corrected chi connectivity index (χ2v) is 3.16. The van der Waals surface area contributed by atoms with E-state index in [1.165, 1.54) is 0 Å². The zero-order chi connectivity index (χ0) is 14.9. The van der Waals surface area contributed by atoms with Gasteiger partial charge in [-0.25, -0.2) is 22.0 Å². The van der Waals surface area contributed by atoms with Crippen LogP contribution in [-0.4, -0.2) is 28.6 Å². The molecule has 0 aliphatic carbocycles. The lowest BCUT2D eigenvalue weighted by Gasteiger charge is -2.11. The lowest BCUT2D eigenvalue weighted by molar-refractivity contribution is -0.141. The first kappa shape index (κ1) is 14.8. The summed E-state index contributed by atoms with van der Waals surface area (Å²) in [6.07, 6.45) is 0. The number of carbonyl (C=O) groups excluding carboxylic acids is 1. The van der Waals surface area contributed by atoms with Crippen molar-refractivity contribution in [3.05, 3.63) is 34.6 Å². The predicted molar refractivity (Wildman–Crippen MR) is 46.0 cm³/mol. The quantitative estimate of drug-likeness (QED) is 0.399. The molecule has 1 rings (SSSR count). The monoisotopic (exact) mass is 287 g/mol.